The Morgan fingerprint density at radius 3 is 2.75 bits per heavy atom. The fourth-order valence-corrected chi connectivity index (χ4v) is 4.47. The van der Waals surface area contributed by atoms with Crippen LogP contribution in [0.3, 0.4) is 0 Å². The average Bonchev–Trinajstić information content (AvgIpc) is 2.86. The Balaban J connectivity index is 1.86. The summed E-state index contributed by atoms with van der Waals surface area (Å²) in [6.45, 7) is 6.39. The highest BCUT2D eigenvalue weighted by Gasteiger charge is 2.39. The van der Waals surface area contributed by atoms with E-state index in [1.807, 2.05) is 0 Å². The van der Waals surface area contributed by atoms with E-state index < -0.39 is 0 Å². The first-order valence-electron chi connectivity index (χ1n) is 8.23. The van der Waals surface area contributed by atoms with Gasteiger partial charge in [0.15, 0.2) is 0 Å². The smallest absolute Gasteiger partial charge is 0.0476 e. The first-order chi connectivity index (χ1) is 9.70. The van der Waals surface area contributed by atoms with Crippen molar-refractivity contribution in [3.63, 3.8) is 0 Å². The highest BCUT2D eigenvalue weighted by Crippen LogP contribution is 2.40. The molecule has 1 saturated carbocycles. The van der Waals surface area contributed by atoms with E-state index in [1.165, 1.54) is 55.3 Å². The molecule has 2 heteroatoms. The van der Waals surface area contributed by atoms with Crippen molar-refractivity contribution >= 4 is 0 Å². The predicted molar refractivity (Wildman–Crippen MR) is 84.8 cm³/mol. The van der Waals surface area contributed by atoms with Crippen LogP contribution in [-0.2, 0) is 0 Å². The third kappa shape index (κ3) is 2.51. The minimum atomic E-state index is 0.420. The lowest BCUT2D eigenvalue weighted by atomic mass is 9.84. The number of hydrogen-bond donors (Lipinski definition) is 1. The SMILES string of the molecule is Cc1ccc(C(CN)N2CCC3CCCCC32)c(C)c1. The van der Waals surface area contributed by atoms with E-state index in [2.05, 4.69) is 36.9 Å². The molecule has 3 unspecified atom stereocenters. The van der Waals surface area contributed by atoms with Gasteiger partial charge in [-0.25, -0.2) is 0 Å². The zero-order chi connectivity index (χ0) is 14.1. The molecule has 0 bridgehead atoms. The fraction of sp³-hybridized carbons (Fsp3) is 0.667. The van der Waals surface area contributed by atoms with Crippen LogP contribution in [0.2, 0.25) is 0 Å². The minimum absolute atomic E-state index is 0.420. The van der Waals surface area contributed by atoms with Gasteiger partial charge >= 0.3 is 0 Å². The summed E-state index contributed by atoms with van der Waals surface area (Å²) in [4.78, 5) is 2.72. The summed E-state index contributed by atoms with van der Waals surface area (Å²) < 4.78 is 0. The predicted octanol–water partition coefficient (Wildman–Crippen LogP) is 3.57. The third-order valence-corrected chi connectivity index (χ3v) is 5.46. The molecule has 2 fully saturated rings. The Kier molecular flexibility index (Phi) is 4.13. The second-order valence-corrected chi connectivity index (χ2v) is 6.75. The van der Waals surface area contributed by atoms with Crippen molar-refractivity contribution < 1.29 is 0 Å². The summed E-state index contributed by atoms with van der Waals surface area (Å²) in [6, 6.07) is 8.05. The fourth-order valence-electron chi connectivity index (χ4n) is 4.47. The van der Waals surface area contributed by atoms with E-state index in [0.717, 1.165) is 18.5 Å². The van der Waals surface area contributed by atoms with Gasteiger partial charge < -0.3 is 5.73 Å². The Morgan fingerprint density at radius 2 is 2.00 bits per heavy atom. The van der Waals surface area contributed by atoms with E-state index in [0.29, 0.717) is 6.04 Å². The van der Waals surface area contributed by atoms with Crippen molar-refractivity contribution in [2.75, 3.05) is 13.1 Å². The normalized spacial score (nSPS) is 28.4. The molecule has 0 amide bonds. The van der Waals surface area contributed by atoms with E-state index in [1.54, 1.807) is 0 Å². The molecule has 3 rings (SSSR count). The molecule has 110 valence electrons. The molecular formula is C18H28N2. The Morgan fingerprint density at radius 1 is 1.20 bits per heavy atom. The Labute approximate surface area is 123 Å². The number of rotatable bonds is 3. The first-order valence-corrected chi connectivity index (χ1v) is 8.23. The van der Waals surface area contributed by atoms with E-state index in [-0.39, 0.29) is 0 Å². The average molecular weight is 272 g/mol. The summed E-state index contributed by atoms with van der Waals surface area (Å²) in [7, 11) is 0. The van der Waals surface area contributed by atoms with E-state index in [4.69, 9.17) is 5.73 Å². The number of nitrogens with two attached hydrogens (primary N) is 1. The van der Waals surface area contributed by atoms with E-state index >= 15 is 0 Å². The topological polar surface area (TPSA) is 29.3 Å². The molecule has 3 atom stereocenters. The van der Waals surface area contributed by atoms with Crippen LogP contribution in [0.15, 0.2) is 18.2 Å². The summed E-state index contributed by atoms with van der Waals surface area (Å²) in [5, 5.41) is 0. The molecule has 1 aliphatic carbocycles. The van der Waals surface area contributed by atoms with Crippen molar-refractivity contribution in [3.05, 3.63) is 34.9 Å². The molecule has 1 aliphatic heterocycles. The summed E-state index contributed by atoms with van der Waals surface area (Å²) in [5.74, 6) is 0.934. The van der Waals surface area contributed by atoms with Gasteiger partial charge in [-0.15, -0.1) is 0 Å². The molecule has 20 heavy (non-hydrogen) atoms. The highest BCUT2D eigenvalue weighted by atomic mass is 15.2. The largest absolute Gasteiger partial charge is 0.329 e. The molecular weight excluding hydrogens is 244 g/mol. The summed E-state index contributed by atoms with van der Waals surface area (Å²) in [6.07, 6.45) is 7.04. The molecule has 1 heterocycles. The molecule has 1 saturated heterocycles. The standard InChI is InChI=1S/C18H28N2/c1-13-7-8-16(14(2)11-13)18(12-19)20-10-9-15-5-3-4-6-17(15)20/h7-8,11,15,17-18H,3-6,9-10,12,19H2,1-2H3. The highest BCUT2D eigenvalue weighted by molar-refractivity contribution is 5.33. The van der Waals surface area contributed by atoms with Crippen molar-refractivity contribution in [2.45, 2.75) is 58.0 Å². The van der Waals surface area contributed by atoms with E-state index in [9.17, 15) is 0 Å². The zero-order valence-corrected chi connectivity index (χ0v) is 12.9. The molecule has 2 aliphatic rings. The van der Waals surface area contributed by atoms with Gasteiger partial charge in [-0.1, -0.05) is 36.6 Å². The lowest BCUT2D eigenvalue weighted by Gasteiger charge is -2.37. The third-order valence-electron chi connectivity index (χ3n) is 5.46. The van der Waals surface area contributed by atoms with Crippen molar-refractivity contribution in [2.24, 2.45) is 11.7 Å². The molecule has 2 N–H and O–H groups in total. The van der Waals surface area contributed by atoms with Crippen molar-refractivity contribution in [1.29, 1.82) is 0 Å². The molecule has 0 aromatic heterocycles. The number of likely N-dealkylation sites (tertiary alicyclic amines) is 1. The number of nitrogens with zero attached hydrogens (tertiary/aromatic N) is 1. The van der Waals surface area contributed by atoms with Gasteiger partial charge in [0.2, 0.25) is 0 Å². The lowest BCUT2D eigenvalue weighted by molar-refractivity contribution is 0.135. The van der Waals surface area contributed by atoms with Crippen LogP contribution in [-0.4, -0.2) is 24.0 Å². The second-order valence-electron chi connectivity index (χ2n) is 6.75. The van der Waals surface area contributed by atoms with Gasteiger partial charge in [-0.05, 0) is 56.7 Å². The van der Waals surface area contributed by atoms with Crippen LogP contribution >= 0.6 is 0 Å². The first kappa shape index (κ1) is 14.1. The Hall–Kier alpha value is -0.860. The van der Waals surface area contributed by atoms with Crippen molar-refractivity contribution in [1.82, 2.24) is 4.90 Å². The van der Waals surface area contributed by atoms with Crippen molar-refractivity contribution in [3.8, 4) is 0 Å². The molecule has 1 aromatic carbocycles. The van der Waals surface area contributed by atoms with Crippen LogP contribution in [0.5, 0.6) is 0 Å². The number of hydrogen-bond acceptors (Lipinski definition) is 2. The van der Waals surface area contributed by atoms with Crippen LogP contribution in [0.1, 0.15) is 54.8 Å². The number of benzene rings is 1. The van der Waals surface area contributed by atoms with Gasteiger partial charge in [0.25, 0.3) is 0 Å². The van der Waals surface area contributed by atoms with Crippen LogP contribution < -0.4 is 5.73 Å². The van der Waals surface area contributed by atoms with Gasteiger partial charge in [-0.2, -0.15) is 0 Å². The van der Waals surface area contributed by atoms with Gasteiger partial charge in [0, 0.05) is 18.6 Å². The summed E-state index contributed by atoms with van der Waals surface area (Å²) >= 11 is 0. The number of aryl methyl sites for hydroxylation is 2. The molecule has 2 nitrogen and oxygen atoms in total. The van der Waals surface area contributed by atoms with Gasteiger partial charge in [0.05, 0.1) is 0 Å². The quantitative estimate of drug-likeness (QED) is 0.911. The van der Waals surface area contributed by atoms with Crippen LogP contribution in [0.4, 0.5) is 0 Å². The monoisotopic (exact) mass is 272 g/mol. The Bertz CT molecular complexity index is 468. The maximum absolute atomic E-state index is 6.17. The summed E-state index contributed by atoms with van der Waals surface area (Å²) in [5.41, 5.74) is 10.4. The molecule has 1 aromatic rings. The number of fused-ring (bicyclic) bond motifs is 1. The maximum Gasteiger partial charge on any atom is 0.0476 e. The second kappa shape index (κ2) is 5.87. The minimum Gasteiger partial charge on any atom is -0.329 e. The zero-order valence-electron chi connectivity index (χ0n) is 12.9. The lowest BCUT2D eigenvalue weighted by Crippen LogP contribution is -2.40. The van der Waals surface area contributed by atoms with Gasteiger partial charge in [-0.3, -0.25) is 4.90 Å². The van der Waals surface area contributed by atoms with Crippen LogP contribution in [0.25, 0.3) is 0 Å². The van der Waals surface area contributed by atoms with Crippen LogP contribution in [0, 0.1) is 19.8 Å². The van der Waals surface area contributed by atoms with Gasteiger partial charge in [0.1, 0.15) is 0 Å². The molecule has 0 radical (unpaired) electrons. The maximum atomic E-state index is 6.17. The molecule has 0 spiro atoms.